The molecule has 0 aliphatic carbocycles. The smallest absolute Gasteiger partial charge is 0.180 e. The van der Waals surface area contributed by atoms with Crippen LogP contribution in [-0.2, 0) is 6.54 Å². The van der Waals surface area contributed by atoms with Gasteiger partial charge < -0.3 is 9.72 Å². The highest BCUT2D eigenvalue weighted by molar-refractivity contribution is 9.10. The van der Waals surface area contributed by atoms with E-state index in [9.17, 15) is 0 Å². The van der Waals surface area contributed by atoms with Gasteiger partial charge in [-0.2, -0.15) is 0 Å². The minimum atomic E-state index is 0.578. The fourth-order valence-corrected chi connectivity index (χ4v) is 2.01. The summed E-state index contributed by atoms with van der Waals surface area (Å²) < 4.78 is 2.65. The van der Waals surface area contributed by atoms with E-state index in [0.29, 0.717) is 12.4 Å². The molecule has 6 nitrogen and oxygen atoms in total. The topological polar surface area (TPSA) is 68.0 Å². The van der Waals surface area contributed by atoms with Crippen LogP contribution in [0.1, 0.15) is 5.69 Å². The normalized spacial score (nSPS) is 10.7. The van der Waals surface area contributed by atoms with Crippen molar-refractivity contribution in [3.63, 3.8) is 0 Å². The molecule has 0 aliphatic rings. The van der Waals surface area contributed by atoms with Gasteiger partial charge >= 0.3 is 0 Å². The quantitative estimate of drug-likeness (QED) is 0.800. The maximum atomic E-state index is 4.37. The van der Waals surface area contributed by atoms with Gasteiger partial charge in [0, 0.05) is 24.8 Å². The summed E-state index contributed by atoms with van der Waals surface area (Å²) in [6.07, 6.45) is 8.70. The van der Waals surface area contributed by atoms with Gasteiger partial charge in [0.25, 0.3) is 0 Å². The van der Waals surface area contributed by atoms with Crippen molar-refractivity contribution < 1.29 is 0 Å². The van der Waals surface area contributed by atoms with E-state index in [1.807, 2.05) is 22.9 Å². The van der Waals surface area contributed by atoms with Crippen molar-refractivity contribution in [1.82, 2.24) is 24.3 Å². The lowest BCUT2D eigenvalue weighted by molar-refractivity contribution is 0.986. The molecule has 0 bridgehead atoms. The van der Waals surface area contributed by atoms with E-state index in [2.05, 4.69) is 41.2 Å². The predicted octanol–water partition coefficient (Wildman–Crippen LogP) is 1.89. The van der Waals surface area contributed by atoms with Crippen LogP contribution in [-0.4, -0.2) is 24.3 Å². The Balaban J connectivity index is 1.88. The summed E-state index contributed by atoms with van der Waals surface area (Å²) in [6.45, 7) is 0.578. The number of rotatable bonds is 3. The summed E-state index contributed by atoms with van der Waals surface area (Å²) in [4.78, 5) is 16.6. The lowest BCUT2D eigenvalue weighted by Crippen LogP contribution is -2.05. The molecule has 0 spiro atoms. The number of hydrogen-bond acceptors (Lipinski definition) is 5. The summed E-state index contributed by atoms with van der Waals surface area (Å²) in [6, 6.07) is 1.85. The molecule has 7 heteroatoms. The molecule has 0 fully saturated rings. The van der Waals surface area contributed by atoms with Crippen LogP contribution in [0.25, 0.3) is 5.65 Å². The number of aromatic nitrogens is 5. The SMILES string of the molecule is Brc1cn2ccnc2c(NCc2ccncn2)n1. The van der Waals surface area contributed by atoms with Crippen molar-refractivity contribution in [2.24, 2.45) is 0 Å². The highest BCUT2D eigenvalue weighted by Crippen LogP contribution is 2.17. The van der Waals surface area contributed by atoms with Gasteiger partial charge in [0.1, 0.15) is 10.9 Å². The van der Waals surface area contributed by atoms with Crippen LogP contribution in [0.3, 0.4) is 0 Å². The molecule has 18 heavy (non-hydrogen) atoms. The van der Waals surface area contributed by atoms with Crippen LogP contribution >= 0.6 is 15.9 Å². The molecule has 3 rings (SSSR count). The molecule has 0 unspecified atom stereocenters. The third-order valence-corrected chi connectivity index (χ3v) is 2.81. The summed E-state index contributed by atoms with van der Waals surface area (Å²) in [5.74, 6) is 0.716. The molecule has 0 amide bonds. The number of anilines is 1. The van der Waals surface area contributed by atoms with Crippen molar-refractivity contribution in [3.05, 3.63) is 47.5 Å². The first-order valence-electron chi connectivity index (χ1n) is 5.31. The van der Waals surface area contributed by atoms with Gasteiger partial charge in [-0.15, -0.1) is 0 Å². The maximum absolute atomic E-state index is 4.37. The van der Waals surface area contributed by atoms with Crippen LogP contribution in [0.4, 0.5) is 5.82 Å². The molecular formula is C11H9BrN6. The lowest BCUT2D eigenvalue weighted by atomic mass is 10.4. The Bertz CT molecular complexity index is 666. The minimum absolute atomic E-state index is 0.578. The van der Waals surface area contributed by atoms with Gasteiger partial charge in [0.15, 0.2) is 11.5 Å². The molecule has 0 aliphatic heterocycles. The first-order chi connectivity index (χ1) is 8.83. The monoisotopic (exact) mass is 304 g/mol. The van der Waals surface area contributed by atoms with Gasteiger partial charge in [-0.05, 0) is 22.0 Å². The van der Waals surface area contributed by atoms with Crippen LogP contribution in [0.5, 0.6) is 0 Å². The van der Waals surface area contributed by atoms with Gasteiger partial charge in [-0.1, -0.05) is 0 Å². The van der Waals surface area contributed by atoms with Crippen molar-refractivity contribution in [3.8, 4) is 0 Å². The molecule has 0 saturated carbocycles. The first kappa shape index (κ1) is 11.1. The zero-order chi connectivity index (χ0) is 12.4. The van der Waals surface area contributed by atoms with Crippen molar-refractivity contribution in [1.29, 1.82) is 0 Å². The van der Waals surface area contributed by atoms with E-state index in [1.54, 1.807) is 12.4 Å². The van der Waals surface area contributed by atoms with Crippen LogP contribution in [0.15, 0.2) is 41.8 Å². The Morgan fingerprint density at radius 1 is 1.28 bits per heavy atom. The molecule has 0 saturated heterocycles. The number of halogens is 1. The number of fused-ring (bicyclic) bond motifs is 1. The van der Waals surface area contributed by atoms with Gasteiger partial charge in [0.05, 0.1) is 12.2 Å². The van der Waals surface area contributed by atoms with Crippen LogP contribution in [0.2, 0.25) is 0 Å². The molecule has 3 aromatic heterocycles. The van der Waals surface area contributed by atoms with Gasteiger partial charge in [-0.3, -0.25) is 0 Å². The van der Waals surface area contributed by atoms with E-state index in [4.69, 9.17) is 0 Å². The summed E-state index contributed by atoms with van der Waals surface area (Å²) in [7, 11) is 0. The maximum Gasteiger partial charge on any atom is 0.180 e. The Morgan fingerprint density at radius 3 is 3.06 bits per heavy atom. The highest BCUT2D eigenvalue weighted by Gasteiger charge is 2.06. The highest BCUT2D eigenvalue weighted by atomic mass is 79.9. The molecule has 3 aromatic rings. The average molecular weight is 305 g/mol. The molecule has 0 aromatic carbocycles. The number of imidazole rings is 1. The van der Waals surface area contributed by atoms with Crippen molar-refractivity contribution in [2.45, 2.75) is 6.54 Å². The second-order valence-electron chi connectivity index (χ2n) is 3.62. The largest absolute Gasteiger partial charge is 0.361 e. The van der Waals surface area contributed by atoms with Crippen LogP contribution < -0.4 is 5.32 Å². The Labute approximate surface area is 111 Å². The Morgan fingerprint density at radius 2 is 2.22 bits per heavy atom. The van der Waals surface area contributed by atoms with Crippen molar-refractivity contribution in [2.75, 3.05) is 5.32 Å². The van der Waals surface area contributed by atoms with E-state index < -0.39 is 0 Å². The predicted molar refractivity (Wildman–Crippen MR) is 70.0 cm³/mol. The van der Waals surface area contributed by atoms with E-state index >= 15 is 0 Å². The molecule has 3 heterocycles. The molecule has 90 valence electrons. The summed E-state index contributed by atoms with van der Waals surface area (Å²) in [5.41, 5.74) is 1.68. The van der Waals surface area contributed by atoms with Crippen LogP contribution in [0, 0.1) is 0 Å². The number of nitrogens with one attached hydrogen (secondary N) is 1. The molecule has 0 atom stereocenters. The standard InChI is InChI=1S/C11H9BrN6/c12-9-6-18-4-3-14-11(18)10(17-9)15-5-8-1-2-13-7-16-8/h1-4,6-7H,5H2,(H,15,17). The zero-order valence-corrected chi connectivity index (χ0v) is 10.9. The van der Waals surface area contributed by atoms with E-state index in [-0.39, 0.29) is 0 Å². The second-order valence-corrected chi connectivity index (χ2v) is 4.44. The number of hydrogen-bond donors (Lipinski definition) is 1. The second kappa shape index (κ2) is 4.69. The number of nitrogens with zero attached hydrogens (tertiary/aromatic N) is 5. The summed E-state index contributed by atoms with van der Waals surface area (Å²) >= 11 is 3.37. The van der Waals surface area contributed by atoms with Crippen molar-refractivity contribution >= 4 is 27.4 Å². The van der Waals surface area contributed by atoms with E-state index in [0.717, 1.165) is 15.9 Å². The van der Waals surface area contributed by atoms with Gasteiger partial charge in [-0.25, -0.2) is 19.9 Å². The Hall–Kier alpha value is -2.02. The fraction of sp³-hybridized carbons (Fsp3) is 0.0909. The average Bonchev–Trinajstić information content (AvgIpc) is 2.85. The molecule has 0 radical (unpaired) electrons. The molecule has 1 N–H and O–H groups in total. The Kier molecular flexibility index (Phi) is 2.89. The third-order valence-electron chi connectivity index (χ3n) is 2.42. The summed E-state index contributed by atoms with van der Waals surface area (Å²) in [5, 5.41) is 3.22. The molecular weight excluding hydrogens is 296 g/mol. The fourth-order valence-electron chi connectivity index (χ4n) is 1.62. The lowest BCUT2D eigenvalue weighted by Gasteiger charge is -2.06. The van der Waals surface area contributed by atoms with Gasteiger partial charge in [0.2, 0.25) is 0 Å². The first-order valence-corrected chi connectivity index (χ1v) is 6.10. The minimum Gasteiger partial charge on any atom is -0.361 e. The van der Waals surface area contributed by atoms with E-state index in [1.165, 1.54) is 6.33 Å². The zero-order valence-electron chi connectivity index (χ0n) is 9.29. The third kappa shape index (κ3) is 2.17.